The number of benzene rings is 2. The van der Waals surface area contributed by atoms with E-state index in [0.29, 0.717) is 30.8 Å². The van der Waals surface area contributed by atoms with E-state index in [2.05, 4.69) is 5.32 Å². The van der Waals surface area contributed by atoms with Gasteiger partial charge in [-0.1, -0.05) is 0 Å². The van der Waals surface area contributed by atoms with Crippen LogP contribution in [0.4, 0.5) is 21.5 Å². The third-order valence-corrected chi connectivity index (χ3v) is 5.79. The summed E-state index contributed by atoms with van der Waals surface area (Å²) >= 11 is 0. The van der Waals surface area contributed by atoms with E-state index in [0.717, 1.165) is 37.4 Å². The quantitative estimate of drug-likeness (QED) is 0.312. The van der Waals surface area contributed by atoms with Crippen LogP contribution in [-0.2, 0) is 6.54 Å². The molecular formula is C23H23FN6O8. The summed E-state index contributed by atoms with van der Waals surface area (Å²) in [4.78, 5) is 55.3. The minimum atomic E-state index is -1.30. The number of fused-ring (bicyclic) bond motifs is 1. The molecule has 0 aliphatic carbocycles. The SMILES string of the molecule is CCn1cc(C(=O)O)c(=O)c2cc(F)c(N3CCNCC3)cc21.NC(=O)c1cc([N+](=O)[O-])cc([N+](=O)[O-])c1. The van der Waals surface area contributed by atoms with E-state index in [1.807, 2.05) is 11.8 Å². The molecule has 0 saturated carbocycles. The molecule has 2 heterocycles. The summed E-state index contributed by atoms with van der Waals surface area (Å²) in [7, 11) is 0. The second kappa shape index (κ2) is 11.4. The number of nitro benzene ring substituents is 2. The summed E-state index contributed by atoms with van der Waals surface area (Å²) in [5.74, 6) is -2.76. The van der Waals surface area contributed by atoms with Crippen LogP contribution in [0.2, 0.25) is 0 Å². The number of anilines is 1. The number of primary amides is 1. The molecule has 1 saturated heterocycles. The van der Waals surface area contributed by atoms with Gasteiger partial charge in [0.15, 0.2) is 0 Å². The molecule has 1 aromatic heterocycles. The highest BCUT2D eigenvalue weighted by molar-refractivity contribution is 5.94. The van der Waals surface area contributed by atoms with Crippen molar-refractivity contribution in [2.45, 2.75) is 13.5 Å². The fourth-order valence-corrected chi connectivity index (χ4v) is 3.91. The fourth-order valence-electron chi connectivity index (χ4n) is 3.91. The van der Waals surface area contributed by atoms with Gasteiger partial charge in [0.25, 0.3) is 11.4 Å². The number of aromatic nitrogens is 1. The van der Waals surface area contributed by atoms with Crippen molar-refractivity contribution in [2.24, 2.45) is 5.73 Å². The number of aryl methyl sites for hydroxylation is 1. The maximum absolute atomic E-state index is 14.5. The monoisotopic (exact) mass is 530 g/mol. The van der Waals surface area contributed by atoms with Gasteiger partial charge in [-0.2, -0.15) is 0 Å². The summed E-state index contributed by atoms with van der Waals surface area (Å²) in [6.45, 7) is 5.26. The zero-order valence-electron chi connectivity index (χ0n) is 20.0. The summed E-state index contributed by atoms with van der Waals surface area (Å²) in [6.07, 6.45) is 1.33. The van der Waals surface area contributed by atoms with Crippen molar-refractivity contribution < 1.29 is 28.9 Å². The number of carbonyl (C=O) groups is 2. The van der Waals surface area contributed by atoms with Crippen LogP contribution < -0.4 is 21.4 Å². The highest BCUT2D eigenvalue weighted by atomic mass is 19.1. The normalized spacial score (nSPS) is 12.9. The first-order valence-corrected chi connectivity index (χ1v) is 11.2. The van der Waals surface area contributed by atoms with Crippen molar-refractivity contribution in [1.82, 2.24) is 9.88 Å². The van der Waals surface area contributed by atoms with E-state index in [1.54, 1.807) is 10.6 Å². The Bertz CT molecular complexity index is 1420. The second-order valence-corrected chi connectivity index (χ2v) is 8.14. The number of aromatic carboxylic acids is 1. The molecule has 0 bridgehead atoms. The molecule has 0 radical (unpaired) electrons. The third-order valence-electron chi connectivity index (χ3n) is 5.79. The van der Waals surface area contributed by atoms with Gasteiger partial charge in [0.2, 0.25) is 11.3 Å². The Morgan fingerprint density at radius 3 is 2.13 bits per heavy atom. The number of nitrogens with zero attached hydrogens (tertiary/aromatic N) is 4. The second-order valence-electron chi connectivity index (χ2n) is 8.14. The van der Waals surface area contributed by atoms with Crippen LogP contribution in [0, 0.1) is 26.0 Å². The van der Waals surface area contributed by atoms with Gasteiger partial charge in [-0.05, 0) is 19.1 Å². The summed E-state index contributed by atoms with van der Waals surface area (Å²) in [5.41, 5.74) is 3.52. The molecule has 1 fully saturated rings. The number of carboxylic acid groups (broad SMARTS) is 1. The van der Waals surface area contributed by atoms with Crippen LogP contribution >= 0.6 is 0 Å². The topological polar surface area (TPSA) is 204 Å². The molecule has 1 aliphatic heterocycles. The number of pyridine rings is 1. The number of rotatable bonds is 6. The molecule has 1 aliphatic rings. The first kappa shape index (κ1) is 27.7. The predicted octanol–water partition coefficient (Wildman–Crippen LogP) is 1.87. The summed E-state index contributed by atoms with van der Waals surface area (Å²) < 4.78 is 16.2. The van der Waals surface area contributed by atoms with Crippen molar-refractivity contribution in [3.05, 3.63) is 83.9 Å². The molecule has 4 N–H and O–H groups in total. The fraction of sp³-hybridized carbons (Fsp3) is 0.261. The molecule has 2 aromatic carbocycles. The van der Waals surface area contributed by atoms with Gasteiger partial charge in [-0.3, -0.25) is 29.8 Å². The molecule has 0 atom stereocenters. The average molecular weight is 530 g/mol. The number of non-ortho nitro benzene ring substituents is 2. The lowest BCUT2D eigenvalue weighted by Crippen LogP contribution is -2.43. The Kier molecular flexibility index (Phi) is 8.32. The molecule has 0 spiro atoms. The molecule has 0 unspecified atom stereocenters. The molecule has 1 amide bonds. The lowest BCUT2D eigenvalue weighted by Gasteiger charge is -2.30. The number of nitrogens with two attached hydrogens (primary N) is 1. The lowest BCUT2D eigenvalue weighted by molar-refractivity contribution is -0.394. The Morgan fingerprint density at radius 2 is 1.66 bits per heavy atom. The van der Waals surface area contributed by atoms with Crippen molar-refractivity contribution in [3.8, 4) is 0 Å². The first-order valence-electron chi connectivity index (χ1n) is 11.2. The van der Waals surface area contributed by atoms with Crippen molar-refractivity contribution in [3.63, 3.8) is 0 Å². The Morgan fingerprint density at radius 1 is 1.08 bits per heavy atom. The molecule has 3 aromatic rings. The van der Waals surface area contributed by atoms with Gasteiger partial charge >= 0.3 is 5.97 Å². The van der Waals surface area contributed by atoms with Crippen molar-refractivity contribution in [2.75, 3.05) is 31.1 Å². The molecule has 38 heavy (non-hydrogen) atoms. The predicted molar refractivity (Wildman–Crippen MR) is 134 cm³/mol. The van der Waals surface area contributed by atoms with Crippen molar-refractivity contribution >= 4 is 39.8 Å². The van der Waals surface area contributed by atoms with Crippen LogP contribution in [0.15, 0.2) is 41.3 Å². The number of hydrogen-bond acceptors (Lipinski definition) is 9. The molecule has 4 rings (SSSR count). The first-order chi connectivity index (χ1) is 17.9. The Balaban J connectivity index is 0.000000232. The van der Waals surface area contributed by atoms with E-state index < -0.39 is 44.3 Å². The van der Waals surface area contributed by atoms with Gasteiger partial charge in [0.1, 0.15) is 11.4 Å². The van der Waals surface area contributed by atoms with Gasteiger partial charge in [-0.15, -0.1) is 0 Å². The smallest absolute Gasteiger partial charge is 0.341 e. The van der Waals surface area contributed by atoms with Crippen LogP contribution in [0.25, 0.3) is 10.9 Å². The number of piperazine rings is 1. The summed E-state index contributed by atoms with van der Waals surface area (Å²) in [5, 5.41) is 33.2. The van der Waals surface area contributed by atoms with Crippen LogP contribution in [0.5, 0.6) is 0 Å². The molecule has 15 heteroatoms. The van der Waals surface area contributed by atoms with Crippen LogP contribution in [-0.4, -0.2) is 57.6 Å². The highest BCUT2D eigenvalue weighted by Gasteiger charge is 2.20. The van der Waals surface area contributed by atoms with Crippen LogP contribution in [0.1, 0.15) is 27.6 Å². The van der Waals surface area contributed by atoms with Crippen LogP contribution in [0.3, 0.4) is 0 Å². The van der Waals surface area contributed by atoms with E-state index >= 15 is 0 Å². The Hall–Kier alpha value is -4.92. The standard InChI is InChI=1S/C16H18FN3O3.C7H5N3O5/c1-2-19-9-11(16(22)23)15(21)10-7-12(17)14(8-13(10)19)20-5-3-18-4-6-20;8-7(11)4-1-5(9(12)13)3-6(2-4)10(14)15/h7-9,18H,2-6H2,1H3,(H,22,23);1-3H,(H2,8,11). The molecule has 200 valence electrons. The number of carbonyl (C=O) groups excluding carboxylic acids is 1. The van der Waals surface area contributed by atoms with E-state index in [9.17, 15) is 39.0 Å². The van der Waals surface area contributed by atoms with Crippen molar-refractivity contribution in [1.29, 1.82) is 0 Å². The van der Waals surface area contributed by atoms with E-state index in [4.69, 9.17) is 10.8 Å². The number of hydrogen-bond donors (Lipinski definition) is 3. The largest absolute Gasteiger partial charge is 0.477 e. The Labute approximate surface area is 213 Å². The minimum absolute atomic E-state index is 0.100. The lowest BCUT2D eigenvalue weighted by atomic mass is 10.1. The number of nitrogens with one attached hydrogen (secondary N) is 1. The summed E-state index contributed by atoms with van der Waals surface area (Å²) in [6, 6.07) is 5.33. The third kappa shape index (κ3) is 5.89. The van der Waals surface area contributed by atoms with Gasteiger partial charge in [0, 0.05) is 56.4 Å². The number of nitro groups is 2. The van der Waals surface area contributed by atoms with Gasteiger partial charge in [-0.25, -0.2) is 9.18 Å². The van der Waals surface area contributed by atoms with Gasteiger partial charge < -0.3 is 25.6 Å². The number of halogens is 1. The minimum Gasteiger partial charge on any atom is -0.477 e. The number of carboxylic acids is 1. The molecule has 14 nitrogen and oxygen atoms in total. The van der Waals surface area contributed by atoms with E-state index in [1.165, 1.54) is 6.20 Å². The highest BCUT2D eigenvalue weighted by Crippen LogP contribution is 2.26. The average Bonchev–Trinajstić information content (AvgIpc) is 2.89. The van der Waals surface area contributed by atoms with E-state index in [-0.39, 0.29) is 16.5 Å². The zero-order chi connectivity index (χ0) is 28.1. The number of amides is 1. The zero-order valence-corrected chi connectivity index (χ0v) is 20.0. The van der Waals surface area contributed by atoms with Gasteiger partial charge in [0.05, 0.1) is 32.7 Å². The molecular weight excluding hydrogens is 507 g/mol. The maximum atomic E-state index is 14.5. The maximum Gasteiger partial charge on any atom is 0.341 e.